The van der Waals surface area contributed by atoms with Crippen LogP contribution in [0.3, 0.4) is 0 Å². The lowest BCUT2D eigenvalue weighted by Crippen LogP contribution is -2.49. The van der Waals surface area contributed by atoms with Gasteiger partial charge in [-0.25, -0.2) is 8.42 Å². The van der Waals surface area contributed by atoms with Gasteiger partial charge in [-0.05, 0) is 42.8 Å². The fraction of sp³-hybridized carbons (Fsp3) is 0.381. The van der Waals surface area contributed by atoms with Crippen molar-refractivity contribution in [2.45, 2.75) is 6.42 Å². The molecule has 2 aromatic carbocycles. The van der Waals surface area contributed by atoms with E-state index in [0.717, 1.165) is 5.69 Å². The maximum absolute atomic E-state index is 12.6. The van der Waals surface area contributed by atoms with E-state index in [2.05, 4.69) is 10.2 Å². The van der Waals surface area contributed by atoms with Crippen LogP contribution in [-0.2, 0) is 14.8 Å². The minimum atomic E-state index is -3.33. The molecule has 9 heteroatoms. The third-order valence-corrected chi connectivity index (χ3v) is 7.05. The lowest BCUT2D eigenvalue weighted by Gasteiger charge is -2.35. The Morgan fingerprint density at radius 1 is 1.00 bits per heavy atom. The zero-order chi connectivity index (χ0) is 21.4. The largest absolute Gasteiger partial charge is 0.484 e. The molecule has 1 amide bonds. The van der Waals surface area contributed by atoms with Crippen LogP contribution in [0.25, 0.3) is 0 Å². The predicted molar refractivity (Wildman–Crippen MR) is 119 cm³/mol. The molecule has 1 N–H and O–H groups in total. The van der Waals surface area contributed by atoms with Crippen molar-refractivity contribution in [1.82, 2.24) is 9.62 Å². The highest BCUT2D eigenvalue weighted by molar-refractivity contribution is 7.89. The van der Waals surface area contributed by atoms with Crippen LogP contribution in [0.2, 0.25) is 5.02 Å². The Balaban J connectivity index is 1.34. The molecule has 0 radical (unpaired) electrons. The second-order valence-electron chi connectivity index (χ2n) is 6.98. The quantitative estimate of drug-likeness (QED) is 0.592. The van der Waals surface area contributed by atoms with Gasteiger partial charge in [-0.2, -0.15) is 4.31 Å². The van der Waals surface area contributed by atoms with Crippen molar-refractivity contribution < 1.29 is 17.9 Å². The Morgan fingerprint density at radius 3 is 2.33 bits per heavy atom. The molecule has 2 aromatic rings. The summed E-state index contributed by atoms with van der Waals surface area (Å²) < 4.78 is 32.0. The fourth-order valence-corrected chi connectivity index (χ4v) is 4.82. The maximum Gasteiger partial charge on any atom is 0.257 e. The van der Waals surface area contributed by atoms with Gasteiger partial charge < -0.3 is 15.0 Å². The molecular formula is C21H26ClN3O4S. The molecule has 162 valence electrons. The summed E-state index contributed by atoms with van der Waals surface area (Å²) >= 11 is 5.80. The van der Waals surface area contributed by atoms with E-state index >= 15 is 0 Å². The Kier molecular flexibility index (Phi) is 7.95. The van der Waals surface area contributed by atoms with Gasteiger partial charge in [0.25, 0.3) is 5.91 Å². The summed E-state index contributed by atoms with van der Waals surface area (Å²) in [6.45, 7) is 2.43. The lowest BCUT2D eigenvalue weighted by molar-refractivity contribution is -0.123. The number of para-hydroxylation sites is 1. The molecule has 30 heavy (non-hydrogen) atoms. The minimum absolute atomic E-state index is 0.0106. The van der Waals surface area contributed by atoms with Crippen LogP contribution in [0.1, 0.15) is 6.42 Å². The standard InChI is InChI=1S/C21H26ClN3O4S/c22-18-7-9-20(10-8-18)29-17-21(26)23-11-4-16-30(27,28)25-14-12-24(13-15-25)19-5-2-1-3-6-19/h1-3,5-10H,4,11-17H2,(H,23,26). The topological polar surface area (TPSA) is 78.9 Å². The van der Waals surface area contributed by atoms with E-state index in [1.165, 1.54) is 4.31 Å². The summed E-state index contributed by atoms with van der Waals surface area (Å²) in [5.74, 6) is 0.266. The molecule has 0 atom stereocenters. The van der Waals surface area contributed by atoms with E-state index in [1.807, 2.05) is 30.3 Å². The van der Waals surface area contributed by atoms with Gasteiger partial charge in [0.2, 0.25) is 10.0 Å². The molecule has 0 unspecified atom stereocenters. The number of hydrogen-bond donors (Lipinski definition) is 1. The number of halogens is 1. The van der Waals surface area contributed by atoms with Crippen LogP contribution in [0.15, 0.2) is 54.6 Å². The first-order chi connectivity index (χ1) is 14.4. The Morgan fingerprint density at radius 2 is 1.67 bits per heavy atom. The molecule has 1 aliphatic heterocycles. The van der Waals surface area contributed by atoms with E-state index in [-0.39, 0.29) is 24.8 Å². The molecule has 0 saturated carbocycles. The molecule has 0 bridgehead atoms. The molecule has 3 rings (SSSR count). The molecule has 1 aliphatic rings. The highest BCUT2D eigenvalue weighted by Crippen LogP contribution is 2.17. The van der Waals surface area contributed by atoms with Crippen molar-refractivity contribution in [1.29, 1.82) is 0 Å². The van der Waals surface area contributed by atoms with Crippen molar-refractivity contribution in [2.24, 2.45) is 0 Å². The predicted octanol–water partition coefficient (Wildman–Crippen LogP) is 2.38. The number of ether oxygens (including phenoxy) is 1. The zero-order valence-electron chi connectivity index (χ0n) is 16.7. The second-order valence-corrected chi connectivity index (χ2v) is 9.51. The van der Waals surface area contributed by atoms with Crippen molar-refractivity contribution in [3.8, 4) is 5.75 Å². The van der Waals surface area contributed by atoms with Gasteiger partial charge in [-0.15, -0.1) is 0 Å². The number of nitrogens with zero attached hydrogens (tertiary/aromatic N) is 2. The first kappa shape index (κ1) is 22.4. The average Bonchev–Trinajstić information content (AvgIpc) is 2.77. The number of amides is 1. The van der Waals surface area contributed by atoms with Crippen LogP contribution in [0.5, 0.6) is 5.75 Å². The van der Waals surface area contributed by atoms with Crippen molar-refractivity contribution in [2.75, 3.05) is 50.0 Å². The van der Waals surface area contributed by atoms with Gasteiger partial charge in [-0.3, -0.25) is 4.79 Å². The minimum Gasteiger partial charge on any atom is -0.484 e. The number of anilines is 1. The van der Waals surface area contributed by atoms with Crippen molar-refractivity contribution in [3.05, 3.63) is 59.6 Å². The van der Waals surface area contributed by atoms with Gasteiger partial charge in [0.05, 0.1) is 5.75 Å². The van der Waals surface area contributed by atoms with Gasteiger partial charge in [-0.1, -0.05) is 29.8 Å². The van der Waals surface area contributed by atoms with Gasteiger partial charge in [0.15, 0.2) is 6.61 Å². The summed E-state index contributed by atoms with van der Waals surface area (Å²) in [5, 5.41) is 3.28. The van der Waals surface area contributed by atoms with E-state index in [0.29, 0.717) is 43.4 Å². The van der Waals surface area contributed by atoms with E-state index in [1.54, 1.807) is 24.3 Å². The molecule has 7 nitrogen and oxygen atoms in total. The number of nitrogens with one attached hydrogen (secondary N) is 1. The van der Waals surface area contributed by atoms with Crippen LogP contribution >= 0.6 is 11.6 Å². The second kappa shape index (κ2) is 10.7. The van der Waals surface area contributed by atoms with Crippen LogP contribution < -0.4 is 15.0 Å². The lowest BCUT2D eigenvalue weighted by atomic mass is 10.2. The fourth-order valence-electron chi connectivity index (χ4n) is 3.21. The van der Waals surface area contributed by atoms with Gasteiger partial charge >= 0.3 is 0 Å². The molecule has 1 fully saturated rings. The number of benzene rings is 2. The number of rotatable bonds is 9. The monoisotopic (exact) mass is 451 g/mol. The Hall–Kier alpha value is -2.29. The number of carbonyl (C=O) groups excluding carboxylic acids is 1. The Labute approximate surface area is 182 Å². The highest BCUT2D eigenvalue weighted by Gasteiger charge is 2.26. The summed E-state index contributed by atoms with van der Waals surface area (Å²) in [7, 11) is -3.33. The molecule has 1 saturated heterocycles. The summed E-state index contributed by atoms with van der Waals surface area (Å²) in [4.78, 5) is 14.0. The number of piperazine rings is 1. The highest BCUT2D eigenvalue weighted by atomic mass is 35.5. The maximum atomic E-state index is 12.6. The zero-order valence-corrected chi connectivity index (χ0v) is 18.2. The third kappa shape index (κ3) is 6.62. The molecule has 1 heterocycles. The number of sulfonamides is 1. The SMILES string of the molecule is O=C(COc1ccc(Cl)cc1)NCCCS(=O)(=O)N1CCN(c2ccccc2)CC1. The summed E-state index contributed by atoms with van der Waals surface area (Å²) in [5.41, 5.74) is 1.11. The van der Waals surface area contributed by atoms with E-state index < -0.39 is 10.0 Å². The average molecular weight is 452 g/mol. The third-order valence-electron chi connectivity index (χ3n) is 4.84. The first-order valence-corrected chi connectivity index (χ1v) is 11.9. The van der Waals surface area contributed by atoms with Crippen LogP contribution in [0, 0.1) is 0 Å². The normalized spacial score (nSPS) is 15.0. The van der Waals surface area contributed by atoms with Crippen LogP contribution in [-0.4, -0.2) is 63.7 Å². The van der Waals surface area contributed by atoms with E-state index in [9.17, 15) is 13.2 Å². The number of carbonyl (C=O) groups is 1. The first-order valence-electron chi connectivity index (χ1n) is 9.87. The van der Waals surface area contributed by atoms with Gasteiger partial charge in [0, 0.05) is 43.4 Å². The van der Waals surface area contributed by atoms with Crippen molar-refractivity contribution >= 4 is 33.2 Å². The molecule has 0 spiro atoms. The molecule has 0 aromatic heterocycles. The summed E-state index contributed by atoms with van der Waals surface area (Å²) in [6, 6.07) is 16.7. The summed E-state index contributed by atoms with van der Waals surface area (Å²) in [6.07, 6.45) is 0.355. The van der Waals surface area contributed by atoms with Crippen molar-refractivity contribution in [3.63, 3.8) is 0 Å². The number of hydrogen-bond acceptors (Lipinski definition) is 5. The Bertz CT molecular complexity index is 915. The molecular weight excluding hydrogens is 426 g/mol. The smallest absolute Gasteiger partial charge is 0.257 e. The molecule has 0 aliphatic carbocycles. The van der Waals surface area contributed by atoms with Crippen LogP contribution in [0.4, 0.5) is 5.69 Å². The van der Waals surface area contributed by atoms with E-state index in [4.69, 9.17) is 16.3 Å². The van der Waals surface area contributed by atoms with Gasteiger partial charge in [0.1, 0.15) is 5.75 Å².